The van der Waals surface area contributed by atoms with E-state index in [2.05, 4.69) is 34.6 Å². The van der Waals surface area contributed by atoms with Crippen LogP contribution in [-0.2, 0) is 2.85 Å². The van der Waals surface area contributed by atoms with Crippen molar-refractivity contribution >= 4 is 21.9 Å². The Morgan fingerprint density at radius 3 is 1.60 bits per heavy atom. The summed E-state index contributed by atoms with van der Waals surface area (Å²) in [6.07, 6.45) is 0. The predicted octanol–water partition coefficient (Wildman–Crippen LogP) is 2.83. The molecule has 0 unspecified atom stereocenters. The van der Waals surface area contributed by atoms with E-state index < -0.39 is 21.9 Å². The first-order chi connectivity index (χ1) is 4.49. The number of rotatable bonds is 3. The third-order valence-electron chi connectivity index (χ3n) is 1.43. The molecule has 0 rings (SSSR count). The maximum atomic E-state index is 5.95. The van der Waals surface area contributed by atoms with Gasteiger partial charge in [-0.1, -0.05) is 0 Å². The van der Waals surface area contributed by atoms with Crippen molar-refractivity contribution in [3.05, 3.63) is 0 Å². The van der Waals surface area contributed by atoms with Crippen LogP contribution in [0.3, 0.4) is 0 Å². The summed E-state index contributed by atoms with van der Waals surface area (Å²) in [7, 11) is 0. The molecule has 0 saturated carbocycles. The van der Waals surface area contributed by atoms with Crippen LogP contribution in [0.1, 0.15) is 34.6 Å². The Morgan fingerprint density at radius 2 is 1.50 bits per heavy atom. The van der Waals surface area contributed by atoms with Crippen molar-refractivity contribution in [1.82, 2.24) is 0 Å². The van der Waals surface area contributed by atoms with Crippen LogP contribution in [0.2, 0.25) is 8.35 Å². The molecule has 0 saturated heterocycles. The summed E-state index contributed by atoms with van der Waals surface area (Å²) in [6, 6.07) is 0. The van der Waals surface area contributed by atoms with E-state index >= 15 is 0 Å². The Hall–Kier alpha value is 0.830. The van der Waals surface area contributed by atoms with E-state index in [0.29, 0.717) is 0 Å². The van der Waals surface area contributed by atoms with Gasteiger partial charge in [0.25, 0.3) is 0 Å². The van der Waals surface area contributed by atoms with Crippen molar-refractivity contribution in [2.45, 2.75) is 48.6 Å². The Morgan fingerprint density at radius 1 is 1.10 bits per heavy atom. The second-order valence-corrected chi connectivity index (χ2v) is 12.6. The molecular formula is C8H19InO. The molecule has 0 radical (unpaired) electrons. The van der Waals surface area contributed by atoms with E-state index in [1.807, 2.05) is 0 Å². The van der Waals surface area contributed by atoms with Crippen molar-refractivity contribution < 1.29 is 2.85 Å². The first-order valence-corrected chi connectivity index (χ1v) is 10.2. The zero-order valence-corrected chi connectivity index (χ0v) is 11.2. The van der Waals surface area contributed by atoms with Gasteiger partial charge in [-0.05, 0) is 0 Å². The zero-order chi connectivity index (χ0) is 8.20. The second kappa shape index (κ2) is 4.66. The average Bonchev–Trinajstić information content (AvgIpc) is 1.81. The zero-order valence-electron chi connectivity index (χ0n) is 7.90. The summed E-state index contributed by atoms with van der Waals surface area (Å²) in [5, 5.41) is 0. The molecule has 10 heavy (non-hydrogen) atoms. The van der Waals surface area contributed by atoms with Gasteiger partial charge in [-0.25, -0.2) is 0 Å². The van der Waals surface area contributed by atoms with Gasteiger partial charge in [0.2, 0.25) is 0 Å². The molecule has 60 valence electrons. The molecule has 0 aliphatic rings. The van der Waals surface area contributed by atoms with Crippen LogP contribution < -0.4 is 0 Å². The van der Waals surface area contributed by atoms with Crippen molar-refractivity contribution in [3.8, 4) is 0 Å². The van der Waals surface area contributed by atoms with Crippen molar-refractivity contribution in [1.29, 1.82) is 0 Å². The summed E-state index contributed by atoms with van der Waals surface area (Å²) in [5.41, 5.74) is 0.118. The fourth-order valence-corrected chi connectivity index (χ4v) is 6.41. The molecule has 0 N–H and O–H groups in total. The van der Waals surface area contributed by atoms with Crippen LogP contribution in [0, 0.1) is 0 Å². The molecule has 0 aromatic carbocycles. The number of hydrogen-bond donors (Lipinski definition) is 0. The van der Waals surface area contributed by atoms with E-state index in [1.165, 1.54) is 8.35 Å². The van der Waals surface area contributed by atoms with Gasteiger partial charge < -0.3 is 0 Å². The molecule has 0 fully saturated rings. The molecule has 2 heteroatoms. The van der Waals surface area contributed by atoms with Crippen LogP contribution in [0.15, 0.2) is 0 Å². The molecule has 0 aliphatic carbocycles. The van der Waals surface area contributed by atoms with Crippen LogP contribution in [-0.4, -0.2) is 27.5 Å². The van der Waals surface area contributed by atoms with Crippen LogP contribution >= 0.6 is 0 Å². The Balaban J connectivity index is 3.63. The fraction of sp³-hybridized carbons (Fsp3) is 1.00. The van der Waals surface area contributed by atoms with E-state index in [9.17, 15) is 0 Å². The third kappa shape index (κ3) is 5.60. The minimum absolute atomic E-state index is 0.118. The SMILES string of the molecule is C[CH2][In]([CH2]C)[O]C(C)(C)C. The van der Waals surface area contributed by atoms with Gasteiger partial charge in [-0.3, -0.25) is 0 Å². The van der Waals surface area contributed by atoms with Crippen molar-refractivity contribution in [3.63, 3.8) is 0 Å². The molecule has 0 spiro atoms. The summed E-state index contributed by atoms with van der Waals surface area (Å²) in [6.45, 7) is 11.0. The fourth-order valence-electron chi connectivity index (χ4n) is 0.955. The second-order valence-electron chi connectivity index (χ2n) is 3.67. The quantitative estimate of drug-likeness (QED) is 0.743. The molecule has 0 aliphatic heterocycles. The van der Waals surface area contributed by atoms with E-state index in [4.69, 9.17) is 2.85 Å². The van der Waals surface area contributed by atoms with Gasteiger partial charge in [0, 0.05) is 0 Å². The van der Waals surface area contributed by atoms with E-state index in [1.54, 1.807) is 0 Å². The molecular weight excluding hydrogens is 227 g/mol. The molecule has 0 aromatic rings. The van der Waals surface area contributed by atoms with Gasteiger partial charge in [-0.2, -0.15) is 0 Å². The standard InChI is InChI=1S/C4H9O.2C2H5.In/c1-4(2,3)5;2*1-2;/h1-3H3;2*1H2,2H3;/q-1;;;+1. The van der Waals surface area contributed by atoms with Crippen LogP contribution in [0.5, 0.6) is 0 Å². The van der Waals surface area contributed by atoms with Gasteiger partial charge in [0.1, 0.15) is 0 Å². The van der Waals surface area contributed by atoms with E-state index in [0.717, 1.165) is 0 Å². The van der Waals surface area contributed by atoms with Crippen molar-refractivity contribution in [2.75, 3.05) is 0 Å². The molecule has 0 amide bonds. The summed E-state index contributed by atoms with van der Waals surface area (Å²) in [4.78, 5) is 0. The number of hydrogen-bond acceptors (Lipinski definition) is 1. The van der Waals surface area contributed by atoms with Crippen LogP contribution in [0.25, 0.3) is 0 Å². The summed E-state index contributed by atoms with van der Waals surface area (Å²) >= 11 is -1.46. The van der Waals surface area contributed by atoms with Gasteiger partial charge in [0.05, 0.1) is 0 Å². The first-order valence-electron chi connectivity index (χ1n) is 4.17. The molecule has 0 aromatic heterocycles. The Kier molecular flexibility index (Phi) is 5.04. The van der Waals surface area contributed by atoms with Gasteiger partial charge >= 0.3 is 73.3 Å². The molecule has 1 nitrogen and oxygen atoms in total. The molecule has 0 heterocycles. The third-order valence-corrected chi connectivity index (χ3v) is 9.60. The average molecular weight is 246 g/mol. The summed E-state index contributed by atoms with van der Waals surface area (Å²) < 4.78 is 8.60. The Bertz CT molecular complexity index is 81.7. The molecule has 0 bridgehead atoms. The van der Waals surface area contributed by atoms with Crippen molar-refractivity contribution in [2.24, 2.45) is 0 Å². The van der Waals surface area contributed by atoms with Gasteiger partial charge in [0.15, 0.2) is 0 Å². The topological polar surface area (TPSA) is 9.23 Å². The van der Waals surface area contributed by atoms with Gasteiger partial charge in [-0.15, -0.1) is 0 Å². The maximum absolute atomic E-state index is 5.95. The van der Waals surface area contributed by atoms with Crippen LogP contribution in [0.4, 0.5) is 0 Å². The first kappa shape index (κ1) is 10.8. The Labute approximate surface area is 73.3 Å². The molecule has 0 atom stereocenters. The normalized spacial score (nSPS) is 11.7. The monoisotopic (exact) mass is 246 g/mol. The summed E-state index contributed by atoms with van der Waals surface area (Å²) in [5.74, 6) is 0. The predicted molar refractivity (Wildman–Crippen MR) is 47.6 cm³/mol. The van der Waals surface area contributed by atoms with E-state index in [-0.39, 0.29) is 5.60 Å². The minimum atomic E-state index is -1.46.